The predicted octanol–water partition coefficient (Wildman–Crippen LogP) is 12.5. The van der Waals surface area contributed by atoms with E-state index in [0.717, 1.165) is 6.42 Å². The van der Waals surface area contributed by atoms with E-state index in [1.54, 1.807) is 0 Å². The predicted molar refractivity (Wildman–Crippen MR) is 183 cm³/mol. The van der Waals surface area contributed by atoms with E-state index in [1.165, 1.54) is 126 Å². The lowest BCUT2D eigenvalue weighted by atomic mass is 9.95. The molecule has 0 saturated heterocycles. The van der Waals surface area contributed by atoms with Crippen LogP contribution >= 0.6 is 22.7 Å². The first-order chi connectivity index (χ1) is 20.2. The molecule has 2 aromatic heterocycles. The topological polar surface area (TPSA) is 0 Å². The summed E-state index contributed by atoms with van der Waals surface area (Å²) in [4.78, 5) is 5.83. The molecule has 0 bridgehead atoms. The molecule has 1 aliphatic carbocycles. The molecule has 1 aliphatic rings. The molecule has 0 saturated carbocycles. The Labute approximate surface area is 252 Å². The molecule has 0 N–H and O–H groups in total. The van der Waals surface area contributed by atoms with Crippen molar-refractivity contribution in [2.45, 2.75) is 71.6 Å². The number of fused-ring (bicyclic) bond motifs is 7. The quantitative estimate of drug-likeness (QED) is 0.143. The molecule has 0 radical (unpaired) electrons. The Morgan fingerprint density at radius 1 is 0.463 bits per heavy atom. The zero-order chi connectivity index (χ0) is 27.8. The molecule has 7 rings (SSSR count). The van der Waals surface area contributed by atoms with Crippen molar-refractivity contribution in [2.75, 3.05) is 0 Å². The van der Waals surface area contributed by atoms with E-state index < -0.39 is 0 Å². The Morgan fingerprint density at radius 2 is 0.951 bits per heavy atom. The summed E-state index contributed by atoms with van der Waals surface area (Å²) < 4.78 is 0. The van der Waals surface area contributed by atoms with Crippen LogP contribution in [-0.2, 0) is 19.3 Å². The van der Waals surface area contributed by atoms with Crippen LogP contribution in [0.3, 0.4) is 0 Å². The van der Waals surface area contributed by atoms with Crippen molar-refractivity contribution in [3.8, 4) is 32.0 Å². The molecule has 2 heteroatoms. The number of hydrogen-bond acceptors (Lipinski definition) is 2. The van der Waals surface area contributed by atoms with E-state index in [1.807, 2.05) is 22.7 Å². The highest BCUT2D eigenvalue weighted by Gasteiger charge is 2.24. The fourth-order valence-electron chi connectivity index (χ4n) is 6.75. The van der Waals surface area contributed by atoms with Crippen molar-refractivity contribution in [3.63, 3.8) is 0 Å². The Morgan fingerprint density at radius 3 is 1.41 bits per heavy atom. The molecule has 41 heavy (non-hydrogen) atoms. The molecule has 4 aromatic carbocycles. The smallest absolute Gasteiger partial charge is 0.0351 e. The van der Waals surface area contributed by atoms with Crippen LogP contribution in [0.4, 0.5) is 0 Å². The van der Waals surface area contributed by atoms with Crippen LogP contribution in [0.1, 0.15) is 73.3 Å². The van der Waals surface area contributed by atoms with Gasteiger partial charge in [0.05, 0.1) is 0 Å². The SMILES string of the molecule is CCCCCc1ccc(-c2cccc3c4c(ccc23)-c2ccc3c(-c5ccc(CCCCC)s5)cccc3c2C4)s1. The van der Waals surface area contributed by atoms with E-state index in [2.05, 4.69) is 98.8 Å². The molecule has 0 fully saturated rings. The monoisotopic (exact) mass is 570 g/mol. The van der Waals surface area contributed by atoms with E-state index in [9.17, 15) is 0 Å². The number of aryl methyl sites for hydroxylation is 2. The summed E-state index contributed by atoms with van der Waals surface area (Å²) >= 11 is 3.96. The van der Waals surface area contributed by atoms with Gasteiger partial charge in [0.2, 0.25) is 0 Å². The number of hydrogen-bond donors (Lipinski definition) is 0. The van der Waals surface area contributed by atoms with Gasteiger partial charge in [-0.05, 0) is 111 Å². The maximum Gasteiger partial charge on any atom is 0.0351 e. The molecule has 0 amide bonds. The van der Waals surface area contributed by atoms with Gasteiger partial charge in [-0.2, -0.15) is 0 Å². The van der Waals surface area contributed by atoms with E-state index in [4.69, 9.17) is 0 Å². The van der Waals surface area contributed by atoms with Gasteiger partial charge in [0, 0.05) is 19.5 Å². The fourth-order valence-corrected chi connectivity index (χ4v) is 8.92. The highest BCUT2D eigenvalue weighted by molar-refractivity contribution is 7.15. The molecule has 206 valence electrons. The van der Waals surface area contributed by atoms with Crippen LogP contribution < -0.4 is 0 Å². The van der Waals surface area contributed by atoms with E-state index in [0.29, 0.717) is 0 Å². The Hall–Kier alpha value is -3.20. The third-order valence-electron chi connectivity index (χ3n) is 8.90. The van der Waals surface area contributed by atoms with Gasteiger partial charge in [0.25, 0.3) is 0 Å². The average Bonchev–Trinajstić information content (AvgIpc) is 3.76. The Balaban J connectivity index is 1.24. The maximum atomic E-state index is 2.39. The molecular weight excluding hydrogens is 533 g/mol. The second-order valence-electron chi connectivity index (χ2n) is 11.6. The average molecular weight is 571 g/mol. The molecule has 0 nitrogen and oxygen atoms in total. The number of rotatable bonds is 10. The molecule has 0 aliphatic heterocycles. The first-order valence-electron chi connectivity index (χ1n) is 15.5. The molecular formula is C39H38S2. The molecule has 0 spiro atoms. The zero-order valence-corrected chi connectivity index (χ0v) is 25.9. The summed E-state index contributed by atoms with van der Waals surface area (Å²) in [5.74, 6) is 0. The minimum Gasteiger partial charge on any atom is -0.140 e. The van der Waals surface area contributed by atoms with Crippen molar-refractivity contribution >= 4 is 44.2 Å². The van der Waals surface area contributed by atoms with Crippen molar-refractivity contribution in [3.05, 3.63) is 106 Å². The van der Waals surface area contributed by atoms with Crippen LogP contribution in [-0.4, -0.2) is 0 Å². The van der Waals surface area contributed by atoms with Crippen LogP contribution in [0.15, 0.2) is 84.9 Å². The lowest BCUT2D eigenvalue weighted by Gasteiger charge is -2.10. The Kier molecular flexibility index (Phi) is 7.54. The van der Waals surface area contributed by atoms with Gasteiger partial charge in [-0.15, -0.1) is 22.7 Å². The molecule has 0 atom stereocenters. The standard InChI is InChI=1S/C39H38S2/c1-3-5-7-11-26-17-23-38(40-26)34-15-9-13-28-30(34)19-21-32-33-22-20-31-29(37(33)25-36(28)32)14-10-16-35(31)39-24-18-27(41-39)12-8-6-4-2/h9-10,13-24H,3-8,11-12,25H2,1-2H3. The number of benzene rings is 4. The van der Waals surface area contributed by atoms with Crippen molar-refractivity contribution in [1.82, 2.24) is 0 Å². The minimum absolute atomic E-state index is 1.01. The summed E-state index contributed by atoms with van der Waals surface area (Å²) in [6.07, 6.45) is 11.2. The van der Waals surface area contributed by atoms with Crippen molar-refractivity contribution in [2.24, 2.45) is 0 Å². The molecule has 0 unspecified atom stereocenters. The van der Waals surface area contributed by atoms with Gasteiger partial charge in [-0.1, -0.05) is 100 Å². The van der Waals surface area contributed by atoms with Gasteiger partial charge in [-0.25, -0.2) is 0 Å². The van der Waals surface area contributed by atoms with E-state index in [-0.39, 0.29) is 0 Å². The fraction of sp³-hybridized carbons (Fsp3) is 0.282. The lowest BCUT2D eigenvalue weighted by molar-refractivity contribution is 0.722. The van der Waals surface area contributed by atoms with Crippen molar-refractivity contribution in [1.29, 1.82) is 0 Å². The normalized spacial score (nSPS) is 12.3. The second kappa shape index (κ2) is 11.6. The summed E-state index contributed by atoms with van der Waals surface area (Å²) in [5.41, 5.74) is 8.58. The summed E-state index contributed by atoms with van der Waals surface area (Å²) in [6.45, 7) is 4.56. The van der Waals surface area contributed by atoms with Gasteiger partial charge in [0.15, 0.2) is 0 Å². The lowest BCUT2D eigenvalue weighted by Crippen LogP contribution is -1.87. The first kappa shape index (κ1) is 26.7. The number of unbranched alkanes of at least 4 members (excludes halogenated alkanes) is 4. The summed E-state index contributed by atoms with van der Waals surface area (Å²) in [7, 11) is 0. The van der Waals surface area contributed by atoms with Crippen molar-refractivity contribution < 1.29 is 0 Å². The van der Waals surface area contributed by atoms with Gasteiger partial charge < -0.3 is 0 Å². The Bertz CT molecular complexity index is 1710. The van der Waals surface area contributed by atoms with Crippen LogP contribution in [0.5, 0.6) is 0 Å². The van der Waals surface area contributed by atoms with Gasteiger partial charge in [-0.3, -0.25) is 0 Å². The second-order valence-corrected chi connectivity index (χ2v) is 13.9. The summed E-state index contributed by atoms with van der Waals surface area (Å²) in [5, 5.41) is 5.60. The maximum absolute atomic E-state index is 2.39. The van der Waals surface area contributed by atoms with Crippen LogP contribution in [0, 0.1) is 0 Å². The van der Waals surface area contributed by atoms with Crippen LogP contribution in [0.2, 0.25) is 0 Å². The zero-order valence-electron chi connectivity index (χ0n) is 24.3. The highest BCUT2D eigenvalue weighted by atomic mass is 32.1. The summed E-state index contributed by atoms with van der Waals surface area (Å²) in [6, 6.07) is 32.8. The highest BCUT2D eigenvalue weighted by Crippen LogP contribution is 2.47. The number of thiophene rings is 2. The first-order valence-corrected chi connectivity index (χ1v) is 17.2. The van der Waals surface area contributed by atoms with Gasteiger partial charge >= 0.3 is 0 Å². The molecule has 2 heterocycles. The van der Waals surface area contributed by atoms with Gasteiger partial charge in [0.1, 0.15) is 0 Å². The largest absolute Gasteiger partial charge is 0.140 e. The minimum atomic E-state index is 1.01. The van der Waals surface area contributed by atoms with Crippen LogP contribution in [0.25, 0.3) is 53.6 Å². The third kappa shape index (κ3) is 4.96. The van der Waals surface area contributed by atoms with E-state index >= 15 is 0 Å². The third-order valence-corrected chi connectivity index (χ3v) is 11.3. The molecule has 6 aromatic rings.